The molecule has 3 rings (SSSR count). The highest BCUT2D eigenvalue weighted by molar-refractivity contribution is 5.87. The lowest BCUT2D eigenvalue weighted by Gasteiger charge is -2.07. The first-order chi connectivity index (χ1) is 13.4. The second-order valence-electron chi connectivity index (χ2n) is 7.11. The van der Waals surface area contributed by atoms with Crippen LogP contribution in [0.1, 0.15) is 64.7 Å². The molecule has 0 saturated heterocycles. The van der Waals surface area contributed by atoms with Gasteiger partial charge in [0.25, 0.3) is 0 Å². The molecule has 3 aromatic rings. The van der Waals surface area contributed by atoms with Crippen LogP contribution in [0.2, 0.25) is 0 Å². The van der Waals surface area contributed by atoms with E-state index in [9.17, 15) is 0 Å². The molecule has 0 aliphatic carbocycles. The number of hydrogen-bond donors (Lipinski definition) is 1. The molecule has 0 atom stereocenters. The SMILES string of the molecule is CCCCCCCCCCCNc1ncnc2c1cnn2-c1ccccc1. The van der Waals surface area contributed by atoms with Crippen molar-refractivity contribution in [3.63, 3.8) is 0 Å². The predicted molar refractivity (Wildman–Crippen MR) is 112 cm³/mol. The van der Waals surface area contributed by atoms with E-state index in [0.717, 1.165) is 29.1 Å². The summed E-state index contributed by atoms with van der Waals surface area (Å²) in [4.78, 5) is 8.84. The second kappa shape index (κ2) is 10.7. The molecular formula is C22H31N5. The van der Waals surface area contributed by atoms with Gasteiger partial charge in [-0.3, -0.25) is 0 Å². The summed E-state index contributed by atoms with van der Waals surface area (Å²) >= 11 is 0. The molecule has 0 aliphatic rings. The lowest BCUT2D eigenvalue weighted by molar-refractivity contribution is 0.569. The fourth-order valence-electron chi connectivity index (χ4n) is 3.39. The number of aromatic nitrogens is 4. The smallest absolute Gasteiger partial charge is 0.168 e. The van der Waals surface area contributed by atoms with Crippen LogP contribution in [0.25, 0.3) is 16.7 Å². The Bertz CT molecular complexity index is 797. The van der Waals surface area contributed by atoms with Gasteiger partial charge in [0, 0.05) is 6.54 Å². The number of anilines is 1. The van der Waals surface area contributed by atoms with E-state index in [2.05, 4.69) is 27.3 Å². The molecular weight excluding hydrogens is 334 g/mol. The molecule has 5 heteroatoms. The summed E-state index contributed by atoms with van der Waals surface area (Å²) in [6.07, 6.45) is 15.5. The molecule has 1 aromatic carbocycles. The zero-order chi connectivity index (χ0) is 18.7. The molecule has 0 amide bonds. The average molecular weight is 366 g/mol. The van der Waals surface area contributed by atoms with Gasteiger partial charge in [0.2, 0.25) is 0 Å². The van der Waals surface area contributed by atoms with Crippen molar-refractivity contribution >= 4 is 16.9 Å². The standard InChI is InChI=1S/C22H31N5/c1-2-3-4-5-6-7-8-9-13-16-23-21-20-17-26-27(22(20)25-18-24-21)19-14-11-10-12-15-19/h10-12,14-15,17-18H,2-9,13,16H2,1H3,(H,23,24,25). The van der Waals surface area contributed by atoms with Crippen LogP contribution in [0.3, 0.4) is 0 Å². The van der Waals surface area contributed by atoms with Crippen LogP contribution in [0.15, 0.2) is 42.9 Å². The Morgan fingerprint density at radius 2 is 1.56 bits per heavy atom. The molecule has 0 spiro atoms. The Morgan fingerprint density at radius 1 is 0.852 bits per heavy atom. The highest BCUT2D eigenvalue weighted by atomic mass is 15.3. The fraction of sp³-hybridized carbons (Fsp3) is 0.500. The third-order valence-electron chi connectivity index (χ3n) is 4.94. The van der Waals surface area contributed by atoms with Gasteiger partial charge < -0.3 is 5.32 Å². The second-order valence-corrected chi connectivity index (χ2v) is 7.11. The van der Waals surface area contributed by atoms with E-state index < -0.39 is 0 Å². The summed E-state index contributed by atoms with van der Waals surface area (Å²) in [7, 11) is 0. The average Bonchev–Trinajstić information content (AvgIpc) is 3.15. The number of para-hydroxylation sites is 1. The molecule has 0 bridgehead atoms. The minimum Gasteiger partial charge on any atom is -0.369 e. The van der Waals surface area contributed by atoms with Gasteiger partial charge in [0.05, 0.1) is 17.3 Å². The van der Waals surface area contributed by atoms with E-state index >= 15 is 0 Å². The molecule has 1 N–H and O–H groups in total. The van der Waals surface area contributed by atoms with Crippen LogP contribution in [0.4, 0.5) is 5.82 Å². The molecule has 0 saturated carbocycles. The zero-order valence-electron chi connectivity index (χ0n) is 16.4. The number of hydrogen-bond acceptors (Lipinski definition) is 4. The number of nitrogens with zero attached hydrogens (tertiary/aromatic N) is 4. The number of rotatable bonds is 12. The van der Waals surface area contributed by atoms with Gasteiger partial charge in [-0.2, -0.15) is 5.10 Å². The van der Waals surface area contributed by atoms with Crippen LogP contribution in [0.5, 0.6) is 0 Å². The van der Waals surface area contributed by atoms with Crippen LogP contribution >= 0.6 is 0 Å². The Balaban J connectivity index is 1.45. The molecule has 5 nitrogen and oxygen atoms in total. The van der Waals surface area contributed by atoms with Crippen LogP contribution < -0.4 is 5.32 Å². The van der Waals surface area contributed by atoms with Gasteiger partial charge in [0.15, 0.2) is 5.65 Å². The largest absolute Gasteiger partial charge is 0.369 e. The third-order valence-corrected chi connectivity index (χ3v) is 4.94. The van der Waals surface area contributed by atoms with Gasteiger partial charge in [-0.25, -0.2) is 14.6 Å². The molecule has 0 unspecified atom stereocenters. The van der Waals surface area contributed by atoms with Crippen molar-refractivity contribution in [3.8, 4) is 5.69 Å². The number of fused-ring (bicyclic) bond motifs is 1. The van der Waals surface area contributed by atoms with Gasteiger partial charge in [-0.05, 0) is 18.6 Å². The molecule has 0 radical (unpaired) electrons. The van der Waals surface area contributed by atoms with E-state index in [1.54, 1.807) is 6.33 Å². The summed E-state index contributed by atoms with van der Waals surface area (Å²) in [5.41, 5.74) is 1.85. The highest BCUT2D eigenvalue weighted by Crippen LogP contribution is 2.21. The molecule has 0 fully saturated rings. The number of nitrogens with one attached hydrogen (secondary N) is 1. The Morgan fingerprint density at radius 3 is 2.30 bits per heavy atom. The lowest BCUT2D eigenvalue weighted by atomic mass is 10.1. The summed E-state index contributed by atoms with van der Waals surface area (Å²) < 4.78 is 1.86. The van der Waals surface area contributed by atoms with Gasteiger partial charge in [0.1, 0.15) is 12.1 Å². The minimum absolute atomic E-state index is 0.839. The fourth-order valence-corrected chi connectivity index (χ4v) is 3.39. The quantitative estimate of drug-likeness (QED) is 0.415. The van der Waals surface area contributed by atoms with Crippen molar-refractivity contribution in [2.24, 2.45) is 0 Å². The molecule has 2 heterocycles. The van der Waals surface area contributed by atoms with Crippen molar-refractivity contribution in [1.29, 1.82) is 0 Å². The van der Waals surface area contributed by atoms with E-state index in [-0.39, 0.29) is 0 Å². The van der Waals surface area contributed by atoms with Crippen LogP contribution in [-0.2, 0) is 0 Å². The Labute approximate surface area is 162 Å². The summed E-state index contributed by atoms with van der Waals surface area (Å²) in [6.45, 7) is 3.21. The number of unbranched alkanes of at least 4 members (excludes halogenated alkanes) is 8. The molecule has 2 aromatic heterocycles. The Kier molecular flexibility index (Phi) is 7.63. The number of benzene rings is 1. The first kappa shape index (κ1) is 19.3. The van der Waals surface area contributed by atoms with Gasteiger partial charge >= 0.3 is 0 Å². The summed E-state index contributed by atoms with van der Waals surface area (Å²) in [5.74, 6) is 0.877. The lowest BCUT2D eigenvalue weighted by Crippen LogP contribution is -2.04. The first-order valence-electron chi connectivity index (χ1n) is 10.4. The van der Waals surface area contributed by atoms with E-state index in [0.29, 0.717) is 0 Å². The van der Waals surface area contributed by atoms with Crippen LogP contribution in [0, 0.1) is 0 Å². The van der Waals surface area contributed by atoms with Crippen molar-refractivity contribution in [3.05, 3.63) is 42.9 Å². The summed E-state index contributed by atoms with van der Waals surface area (Å²) in [6, 6.07) is 10.1. The first-order valence-corrected chi connectivity index (χ1v) is 10.4. The highest BCUT2D eigenvalue weighted by Gasteiger charge is 2.10. The zero-order valence-corrected chi connectivity index (χ0v) is 16.4. The summed E-state index contributed by atoms with van der Waals surface area (Å²) in [5, 5.41) is 8.94. The van der Waals surface area contributed by atoms with E-state index in [1.807, 2.05) is 41.2 Å². The maximum atomic E-state index is 4.50. The monoisotopic (exact) mass is 365 g/mol. The van der Waals surface area contributed by atoms with E-state index in [1.165, 1.54) is 57.8 Å². The van der Waals surface area contributed by atoms with E-state index in [4.69, 9.17) is 0 Å². The predicted octanol–water partition coefficient (Wildman–Crippen LogP) is 5.76. The van der Waals surface area contributed by atoms with Gasteiger partial charge in [-0.15, -0.1) is 0 Å². The van der Waals surface area contributed by atoms with Crippen molar-refractivity contribution < 1.29 is 0 Å². The molecule has 0 aliphatic heterocycles. The molecule has 144 valence electrons. The Hall–Kier alpha value is -2.43. The molecule has 27 heavy (non-hydrogen) atoms. The maximum Gasteiger partial charge on any atom is 0.168 e. The third kappa shape index (κ3) is 5.52. The van der Waals surface area contributed by atoms with Crippen LogP contribution in [-0.4, -0.2) is 26.3 Å². The van der Waals surface area contributed by atoms with Crippen molar-refractivity contribution in [2.75, 3.05) is 11.9 Å². The minimum atomic E-state index is 0.839. The topological polar surface area (TPSA) is 55.6 Å². The normalized spacial score (nSPS) is 11.1. The van der Waals surface area contributed by atoms with Crippen molar-refractivity contribution in [1.82, 2.24) is 19.7 Å². The van der Waals surface area contributed by atoms with Crippen molar-refractivity contribution in [2.45, 2.75) is 64.7 Å². The maximum absolute atomic E-state index is 4.50. The van der Waals surface area contributed by atoms with Gasteiger partial charge in [-0.1, -0.05) is 76.5 Å².